The highest BCUT2D eigenvalue weighted by molar-refractivity contribution is 7.15. The summed E-state index contributed by atoms with van der Waals surface area (Å²) in [7, 11) is 0. The third kappa shape index (κ3) is 2.31. The molecule has 0 unspecified atom stereocenters. The number of hydrogen-bond acceptors (Lipinski definition) is 6. The molecular weight excluding hydrogens is 348 g/mol. The van der Waals surface area contributed by atoms with Crippen LogP contribution in [0.4, 0.5) is 0 Å². The molecule has 5 aromatic rings. The fourth-order valence-corrected chi connectivity index (χ4v) is 3.77. The molecule has 0 radical (unpaired) electrons. The minimum absolute atomic E-state index is 0.161. The maximum Gasteiger partial charge on any atom is 0.209 e. The van der Waals surface area contributed by atoms with Gasteiger partial charge in [0.1, 0.15) is 11.2 Å². The van der Waals surface area contributed by atoms with E-state index in [1.54, 1.807) is 17.5 Å². The molecule has 1 aromatic carbocycles. The van der Waals surface area contributed by atoms with E-state index < -0.39 is 0 Å². The van der Waals surface area contributed by atoms with Gasteiger partial charge in [0.15, 0.2) is 11.2 Å². The van der Waals surface area contributed by atoms with E-state index >= 15 is 0 Å². The SMILES string of the molecule is Cc1ccc(-c2nc3[nH]ccc(=O)c3nc2-c2ccc3nn[nH]c3c2)s1. The largest absolute Gasteiger partial charge is 0.345 e. The zero-order valence-corrected chi connectivity index (χ0v) is 14.5. The van der Waals surface area contributed by atoms with Gasteiger partial charge in [-0.05, 0) is 31.2 Å². The van der Waals surface area contributed by atoms with Crippen LogP contribution in [0.1, 0.15) is 4.88 Å². The van der Waals surface area contributed by atoms with Crippen molar-refractivity contribution in [3.63, 3.8) is 0 Å². The van der Waals surface area contributed by atoms with Crippen LogP contribution < -0.4 is 5.43 Å². The molecule has 4 heterocycles. The maximum atomic E-state index is 12.2. The molecule has 7 nitrogen and oxygen atoms in total. The first-order chi connectivity index (χ1) is 12.7. The zero-order valence-electron chi connectivity index (χ0n) is 13.6. The number of aromatic nitrogens is 6. The van der Waals surface area contributed by atoms with Crippen molar-refractivity contribution >= 4 is 33.5 Å². The van der Waals surface area contributed by atoms with Crippen LogP contribution in [0, 0.1) is 6.92 Å². The predicted molar refractivity (Wildman–Crippen MR) is 101 cm³/mol. The number of hydrogen-bond donors (Lipinski definition) is 2. The van der Waals surface area contributed by atoms with Crippen molar-refractivity contribution < 1.29 is 0 Å². The minimum atomic E-state index is -0.161. The van der Waals surface area contributed by atoms with Crippen molar-refractivity contribution in [3.8, 4) is 21.8 Å². The molecular formula is C18H12N6OS. The molecule has 4 aromatic heterocycles. The first kappa shape index (κ1) is 14.9. The van der Waals surface area contributed by atoms with Gasteiger partial charge in [0.2, 0.25) is 5.43 Å². The van der Waals surface area contributed by atoms with Crippen LogP contribution in [-0.4, -0.2) is 30.4 Å². The van der Waals surface area contributed by atoms with Gasteiger partial charge in [-0.2, -0.15) is 0 Å². The Morgan fingerprint density at radius 2 is 1.96 bits per heavy atom. The van der Waals surface area contributed by atoms with Crippen LogP contribution >= 0.6 is 11.3 Å². The van der Waals surface area contributed by atoms with E-state index in [-0.39, 0.29) is 5.43 Å². The van der Waals surface area contributed by atoms with Crippen molar-refractivity contribution in [2.24, 2.45) is 0 Å². The molecule has 26 heavy (non-hydrogen) atoms. The van der Waals surface area contributed by atoms with E-state index in [9.17, 15) is 4.79 Å². The number of nitrogens with zero attached hydrogens (tertiary/aromatic N) is 4. The van der Waals surface area contributed by atoms with Gasteiger partial charge in [0.25, 0.3) is 0 Å². The lowest BCUT2D eigenvalue weighted by atomic mass is 10.1. The Labute approximate surface area is 150 Å². The number of H-pyrrole nitrogens is 2. The van der Waals surface area contributed by atoms with Gasteiger partial charge in [-0.3, -0.25) is 9.89 Å². The van der Waals surface area contributed by atoms with E-state index in [4.69, 9.17) is 4.98 Å². The van der Waals surface area contributed by atoms with Crippen molar-refractivity contribution in [2.75, 3.05) is 0 Å². The summed E-state index contributed by atoms with van der Waals surface area (Å²) in [5, 5.41) is 10.7. The average Bonchev–Trinajstić information content (AvgIpc) is 3.29. The van der Waals surface area contributed by atoms with Crippen LogP contribution in [0.25, 0.3) is 44.0 Å². The zero-order chi connectivity index (χ0) is 17.7. The topological polar surface area (TPSA) is 100 Å². The number of fused-ring (bicyclic) bond motifs is 2. The Kier molecular flexibility index (Phi) is 3.19. The van der Waals surface area contributed by atoms with Crippen molar-refractivity contribution in [1.29, 1.82) is 0 Å². The molecule has 0 saturated carbocycles. The van der Waals surface area contributed by atoms with E-state index in [0.29, 0.717) is 16.9 Å². The molecule has 0 bridgehead atoms. The number of aryl methyl sites for hydroxylation is 1. The maximum absolute atomic E-state index is 12.2. The summed E-state index contributed by atoms with van der Waals surface area (Å²) < 4.78 is 0. The van der Waals surface area contributed by atoms with Gasteiger partial charge in [0, 0.05) is 22.7 Å². The van der Waals surface area contributed by atoms with Crippen LogP contribution in [0.3, 0.4) is 0 Å². The molecule has 0 aliphatic heterocycles. The Morgan fingerprint density at radius 1 is 1.04 bits per heavy atom. The van der Waals surface area contributed by atoms with Crippen molar-refractivity contribution in [3.05, 3.63) is 57.7 Å². The van der Waals surface area contributed by atoms with Crippen LogP contribution in [0.5, 0.6) is 0 Å². The fraction of sp³-hybridized carbons (Fsp3) is 0.0556. The Balaban J connectivity index is 1.86. The normalized spacial score (nSPS) is 11.4. The monoisotopic (exact) mass is 360 g/mol. The molecule has 0 fully saturated rings. The van der Waals surface area contributed by atoms with Gasteiger partial charge in [-0.15, -0.1) is 16.4 Å². The second kappa shape index (κ2) is 5.57. The highest BCUT2D eigenvalue weighted by Gasteiger charge is 2.16. The average molecular weight is 360 g/mol. The Hall–Kier alpha value is -3.39. The van der Waals surface area contributed by atoms with Crippen LogP contribution in [0.2, 0.25) is 0 Å². The second-order valence-electron chi connectivity index (χ2n) is 5.91. The van der Waals surface area contributed by atoms with E-state index in [1.807, 2.05) is 37.3 Å². The second-order valence-corrected chi connectivity index (χ2v) is 7.20. The molecule has 0 aliphatic carbocycles. The molecule has 126 valence electrons. The molecule has 0 atom stereocenters. The smallest absolute Gasteiger partial charge is 0.209 e. The van der Waals surface area contributed by atoms with Gasteiger partial charge in [-0.1, -0.05) is 11.3 Å². The standard InChI is InChI=1S/C18H12N6OS/c1-9-2-5-14(26-9)17-15(10-3-4-11-12(8-10)23-24-22-11)20-16-13(25)6-7-19-18(16)21-17/h2-8H,1H3,(H,19,21,25)(H,22,23,24). The number of nitrogens with one attached hydrogen (secondary N) is 2. The van der Waals surface area contributed by atoms with E-state index in [1.165, 1.54) is 10.9 Å². The summed E-state index contributed by atoms with van der Waals surface area (Å²) in [4.78, 5) is 26.8. The predicted octanol–water partition coefficient (Wildman–Crippen LogP) is 3.29. The third-order valence-electron chi connectivity index (χ3n) is 4.16. The molecule has 0 aliphatic rings. The van der Waals surface area contributed by atoms with Gasteiger partial charge < -0.3 is 4.98 Å². The van der Waals surface area contributed by atoms with Gasteiger partial charge in [-0.25, -0.2) is 9.97 Å². The van der Waals surface area contributed by atoms with Crippen LogP contribution in [0.15, 0.2) is 47.4 Å². The lowest BCUT2D eigenvalue weighted by molar-refractivity contribution is 0.959. The number of thiophene rings is 1. The summed E-state index contributed by atoms with van der Waals surface area (Å²) in [6.45, 7) is 2.05. The highest BCUT2D eigenvalue weighted by Crippen LogP contribution is 2.34. The van der Waals surface area contributed by atoms with Crippen molar-refractivity contribution in [1.82, 2.24) is 30.4 Å². The molecule has 0 saturated heterocycles. The molecule has 2 N–H and O–H groups in total. The van der Waals surface area contributed by atoms with E-state index in [2.05, 4.69) is 25.4 Å². The lowest BCUT2D eigenvalue weighted by Gasteiger charge is -2.08. The first-order valence-corrected chi connectivity index (χ1v) is 8.78. The fourth-order valence-electron chi connectivity index (χ4n) is 2.91. The van der Waals surface area contributed by atoms with Gasteiger partial charge >= 0.3 is 0 Å². The summed E-state index contributed by atoms with van der Waals surface area (Å²) in [6.07, 6.45) is 1.59. The third-order valence-corrected chi connectivity index (χ3v) is 5.16. The molecule has 8 heteroatoms. The minimum Gasteiger partial charge on any atom is -0.345 e. The molecule has 5 rings (SSSR count). The Bertz CT molecular complexity index is 1330. The number of aromatic amines is 2. The summed E-state index contributed by atoms with van der Waals surface area (Å²) >= 11 is 1.64. The lowest BCUT2D eigenvalue weighted by Crippen LogP contribution is -2.06. The summed E-state index contributed by atoms with van der Waals surface area (Å²) in [5.74, 6) is 0. The number of benzene rings is 1. The number of pyridine rings is 1. The van der Waals surface area contributed by atoms with Gasteiger partial charge in [0.05, 0.1) is 16.1 Å². The highest BCUT2D eigenvalue weighted by atomic mass is 32.1. The van der Waals surface area contributed by atoms with Crippen molar-refractivity contribution in [2.45, 2.75) is 6.92 Å². The first-order valence-electron chi connectivity index (χ1n) is 7.96. The van der Waals surface area contributed by atoms with E-state index in [0.717, 1.165) is 27.2 Å². The summed E-state index contributed by atoms with van der Waals surface area (Å²) in [5.41, 5.74) is 4.47. The molecule has 0 amide bonds. The quantitative estimate of drug-likeness (QED) is 0.503. The summed E-state index contributed by atoms with van der Waals surface area (Å²) in [6, 6.07) is 11.2. The van der Waals surface area contributed by atoms with Crippen LogP contribution in [-0.2, 0) is 0 Å². The Morgan fingerprint density at radius 3 is 2.81 bits per heavy atom. The molecule has 0 spiro atoms. The number of rotatable bonds is 2.